The lowest BCUT2D eigenvalue weighted by atomic mass is 9.96. The molecular formula is C15H21Cl3N4O5. The van der Waals surface area contributed by atoms with Gasteiger partial charge in [-0.15, -0.1) is 0 Å². The molecule has 0 spiro atoms. The van der Waals surface area contributed by atoms with E-state index in [0.717, 1.165) is 25.7 Å². The molecule has 0 aromatic rings. The van der Waals surface area contributed by atoms with Crippen LogP contribution in [0, 0.1) is 0 Å². The number of alkyl halides is 3. The van der Waals surface area contributed by atoms with Crippen molar-refractivity contribution < 1.29 is 23.7 Å². The quantitative estimate of drug-likeness (QED) is 0.307. The summed E-state index contributed by atoms with van der Waals surface area (Å²) in [6.07, 6.45) is -0.701. The van der Waals surface area contributed by atoms with E-state index in [0.29, 0.717) is 0 Å². The lowest BCUT2D eigenvalue weighted by molar-refractivity contribution is -0.178. The average molecular weight is 444 g/mol. The van der Waals surface area contributed by atoms with E-state index in [9.17, 15) is 4.79 Å². The number of carbonyl (C=O) groups is 1. The van der Waals surface area contributed by atoms with Crippen molar-refractivity contribution in [1.29, 1.82) is 0 Å². The number of halogens is 3. The Morgan fingerprint density at radius 3 is 2.48 bits per heavy atom. The topological polar surface area (TPSA) is 115 Å². The number of hydrogen-bond donors (Lipinski definition) is 1. The molecule has 6 atom stereocenters. The first-order chi connectivity index (χ1) is 12.8. The van der Waals surface area contributed by atoms with Gasteiger partial charge in [0.25, 0.3) is 0 Å². The number of rotatable bonds is 3. The summed E-state index contributed by atoms with van der Waals surface area (Å²) in [5.41, 5.74) is 8.75. The minimum absolute atomic E-state index is 0.0902. The van der Waals surface area contributed by atoms with Gasteiger partial charge in [0.2, 0.25) is 10.1 Å². The summed E-state index contributed by atoms with van der Waals surface area (Å²) in [6, 6.07) is 0.0902. The molecule has 0 aromatic carbocycles. The Balaban J connectivity index is 1.70. The summed E-state index contributed by atoms with van der Waals surface area (Å²) in [5.74, 6) is 0. The van der Waals surface area contributed by atoms with Crippen molar-refractivity contribution in [1.82, 2.24) is 5.32 Å². The van der Waals surface area contributed by atoms with Crippen molar-refractivity contribution in [2.24, 2.45) is 5.11 Å². The molecule has 3 aliphatic rings. The van der Waals surface area contributed by atoms with E-state index in [1.165, 1.54) is 6.42 Å². The van der Waals surface area contributed by atoms with Crippen molar-refractivity contribution in [2.75, 3.05) is 0 Å². The number of fused-ring (bicyclic) bond motifs is 1. The van der Waals surface area contributed by atoms with E-state index in [2.05, 4.69) is 15.3 Å². The van der Waals surface area contributed by atoms with Gasteiger partial charge in [-0.3, -0.25) is 0 Å². The minimum Gasteiger partial charge on any atom is -0.441 e. The molecule has 12 heteroatoms. The van der Waals surface area contributed by atoms with E-state index in [1.54, 1.807) is 6.92 Å². The second-order valence-electron chi connectivity index (χ2n) is 6.86. The minimum atomic E-state index is -1.86. The highest BCUT2D eigenvalue weighted by molar-refractivity contribution is 6.67. The average Bonchev–Trinajstić information content (AvgIpc) is 3.05. The van der Waals surface area contributed by atoms with Gasteiger partial charge in [-0.25, -0.2) is 4.79 Å². The molecule has 3 rings (SSSR count). The molecule has 0 bridgehead atoms. The Morgan fingerprint density at radius 2 is 1.85 bits per heavy atom. The molecule has 1 amide bonds. The number of amides is 1. The molecule has 27 heavy (non-hydrogen) atoms. The van der Waals surface area contributed by atoms with Gasteiger partial charge in [0.05, 0.1) is 6.10 Å². The normalized spacial score (nSPS) is 37.2. The van der Waals surface area contributed by atoms with Crippen LogP contribution in [0.3, 0.4) is 0 Å². The SMILES string of the molecule is C[C@@H]1O[C@H](N=[N+]=[N-])[C@H]2OC(C(Cl)(Cl)Cl)O[C@H]2[C@@H]1OC(=O)NC1CCCCC1. The van der Waals surface area contributed by atoms with Crippen LogP contribution >= 0.6 is 34.8 Å². The first-order valence-electron chi connectivity index (χ1n) is 8.84. The lowest BCUT2D eigenvalue weighted by Gasteiger charge is -2.39. The van der Waals surface area contributed by atoms with Crippen LogP contribution in [0.2, 0.25) is 0 Å². The Hall–Kier alpha value is -0.670. The van der Waals surface area contributed by atoms with Gasteiger partial charge in [-0.2, -0.15) is 0 Å². The largest absolute Gasteiger partial charge is 0.441 e. The maximum atomic E-state index is 12.4. The third-order valence-electron chi connectivity index (χ3n) is 4.91. The van der Waals surface area contributed by atoms with Crippen LogP contribution < -0.4 is 5.32 Å². The zero-order valence-electron chi connectivity index (χ0n) is 14.6. The summed E-state index contributed by atoms with van der Waals surface area (Å²) in [7, 11) is 0. The van der Waals surface area contributed by atoms with Gasteiger partial charge >= 0.3 is 6.09 Å². The molecule has 3 fully saturated rings. The number of nitrogens with zero attached hydrogens (tertiary/aromatic N) is 3. The van der Waals surface area contributed by atoms with E-state index < -0.39 is 46.8 Å². The van der Waals surface area contributed by atoms with Gasteiger partial charge in [0.1, 0.15) is 12.2 Å². The first-order valence-corrected chi connectivity index (χ1v) is 9.97. The van der Waals surface area contributed by atoms with Crippen molar-refractivity contribution in [3.8, 4) is 0 Å². The predicted molar refractivity (Wildman–Crippen MR) is 97.6 cm³/mol. The second-order valence-corrected chi connectivity index (χ2v) is 9.23. The molecule has 2 aliphatic heterocycles. The number of hydrogen-bond acceptors (Lipinski definition) is 6. The molecular weight excluding hydrogens is 423 g/mol. The van der Waals surface area contributed by atoms with Crippen LogP contribution in [0.4, 0.5) is 4.79 Å². The highest BCUT2D eigenvalue weighted by Gasteiger charge is 2.57. The fourth-order valence-electron chi connectivity index (χ4n) is 3.64. The second kappa shape index (κ2) is 8.78. The smallest absolute Gasteiger partial charge is 0.407 e. The number of carbonyl (C=O) groups excluding carboxylic acids is 1. The van der Waals surface area contributed by atoms with Crippen molar-refractivity contribution in [3.63, 3.8) is 0 Å². The van der Waals surface area contributed by atoms with E-state index in [-0.39, 0.29) is 6.04 Å². The van der Waals surface area contributed by atoms with Gasteiger partial charge in [-0.1, -0.05) is 59.2 Å². The zero-order chi connectivity index (χ0) is 19.6. The molecule has 152 valence electrons. The fourth-order valence-corrected chi connectivity index (χ4v) is 3.95. The molecule has 9 nitrogen and oxygen atoms in total. The van der Waals surface area contributed by atoms with E-state index >= 15 is 0 Å². The summed E-state index contributed by atoms with van der Waals surface area (Å²) >= 11 is 17.6. The van der Waals surface area contributed by atoms with Crippen LogP contribution in [0.15, 0.2) is 5.11 Å². The summed E-state index contributed by atoms with van der Waals surface area (Å²) in [5, 5.41) is 6.44. The number of azide groups is 1. The number of ether oxygens (including phenoxy) is 4. The number of alkyl carbamates (subject to hydrolysis) is 1. The first kappa shape index (κ1) is 21.0. The zero-order valence-corrected chi connectivity index (χ0v) is 16.9. The Bertz CT molecular complexity index is 594. The van der Waals surface area contributed by atoms with Crippen molar-refractivity contribution >= 4 is 40.9 Å². The molecule has 2 heterocycles. The van der Waals surface area contributed by atoms with E-state index in [1.807, 2.05) is 0 Å². The summed E-state index contributed by atoms with van der Waals surface area (Å²) < 4.78 is 20.6. The van der Waals surface area contributed by atoms with Crippen molar-refractivity contribution in [3.05, 3.63) is 10.4 Å². The van der Waals surface area contributed by atoms with Crippen LogP contribution in [-0.4, -0.2) is 52.9 Å². The fraction of sp³-hybridized carbons (Fsp3) is 0.933. The van der Waals surface area contributed by atoms with Crippen LogP contribution in [-0.2, 0) is 18.9 Å². The van der Waals surface area contributed by atoms with Gasteiger partial charge in [0.15, 0.2) is 12.3 Å². The van der Waals surface area contributed by atoms with Crippen LogP contribution in [0.5, 0.6) is 0 Å². The predicted octanol–water partition coefficient (Wildman–Crippen LogP) is 3.95. The Kier molecular flexibility index (Phi) is 6.84. The molecule has 1 unspecified atom stereocenters. The monoisotopic (exact) mass is 442 g/mol. The molecule has 1 N–H and O–H groups in total. The Labute approximate surface area is 171 Å². The van der Waals surface area contributed by atoms with E-state index in [4.69, 9.17) is 59.3 Å². The standard InChI is InChI=1S/C15H21Cl3N4O5/c1-7-9(27-14(23)20-8-5-3-2-4-6-8)10-11(12(24-7)21-22-19)26-13(25-10)15(16,17)18/h7-13H,2-6H2,1H3,(H,20,23)/t7-,9+,10-,11-,12-,13?/m0/s1. The summed E-state index contributed by atoms with van der Waals surface area (Å²) in [4.78, 5) is 15.1. The lowest BCUT2D eigenvalue weighted by Crippen LogP contribution is -2.57. The maximum Gasteiger partial charge on any atom is 0.407 e. The Morgan fingerprint density at radius 1 is 1.19 bits per heavy atom. The van der Waals surface area contributed by atoms with Crippen LogP contribution in [0.25, 0.3) is 10.4 Å². The molecule has 0 aromatic heterocycles. The third-order valence-corrected chi connectivity index (χ3v) is 5.44. The van der Waals surface area contributed by atoms with Gasteiger partial charge in [0, 0.05) is 11.0 Å². The maximum absolute atomic E-state index is 12.4. The molecule has 2 saturated heterocycles. The van der Waals surface area contributed by atoms with Crippen LogP contribution in [0.1, 0.15) is 39.0 Å². The number of nitrogens with one attached hydrogen (secondary N) is 1. The molecule has 1 aliphatic carbocycles. The van der Waals surface area contributed by atoms with Gasteiger partial charge < -0.3 is 24.3 Å². The van der Waals surface area contributed by atoms with Gasteiger partial charge in [-0.05, 0) is 25.3 Å². The highest BCUT2D eigenvalue weighted by atomic mass is 35.6. The van der Waals surface area contributed by atoms with Crippen molar-refractivity contribution in [2.45, 2.75) is 85.8 Å². The third kappa shape index (κ3) is 5.03. The molecule has 1 saturated carbocycles. The highest BCUT2D eigenvalue weighted by Crippen LogP contribution is 2.43. The molecule has 0 radical (unpaired) electrons. The summed E-state index contributed by atoms with van der Waals surface area (Å²) in [6.45, 7) is 1.68.